The second kappa shape index (κ2) is 7.15. The van der Waals surface area contributed by atoms with Crippen molar-refractivity contribution in [3.05, 3.63) is 23.8 Å². The van der Waals surface area contributed by atoms with Crippen LogP contribution in [0.2, 0.25) is 0 Å². The molecule has 1 N–H and O–H groups in total. The molecule has 0 unspecified atom stereocenters. The van der Waals surface area contributed by atoms with Gasteiger partial charge in [0, 0.05) is 0 Å². The number of carbonyl (C=O) groups is 2. The Morgan fingerprint density at radius 3 is 2.58 bits per heavy atom. The number of aliphatic imine (C=N–C) groups is 1. The van der Waals surface area contributed by atoms with Gasteiger partial charge in [-0.25, -0.2) is 14.6 Å². The first kappa shape index (κ1) is 14.7. The van der Waals surface area contributed by atoms with Crippen LogP contribution in [-0.2, 0) is 14.3 Å². The maximum Gasteiger partial charge on any atom is 0.349 e. The number of nitrogens with zero attached hydrogens (tertiary/aromatic N) is 1. The van der Waals surface area contributed by atoms with E-state index in [0.717, 1.165) is 6.21 Å². The van der Waals surface area contributed by atoms with Crippen LogP contribution in [0.4, 0.5) is 5.69 Å². The third-order valence-electron chi connectivity index (χ3n) is 2.08. The molecule has 0 atom stereocenters. The molecule has 0 bridgehead atoms. The highest BCUT2D eigenvalue weighted by molar-refractivity contribution is 6.23. The number of phenolic OH excluding ortho intramolecular Hbond substituents is 1. The van der Waals surface area contributed by atoms with Crippen molar-refractivity contribution >= 4 is 23.8 Å². The number of hydrogen-bond donors (Lipinski definition) is 1. The van der Waals surface area contributed by atoms with Crippen molar-refractivity contribution in [2.75, 3.05) is 13.2 Å². The van der Waals surface area contributed by atoms with Crippen LogP contribution in [0.1, 0.15) is 24.2 Å². The monoisotopic (exact) mass is 265 g/mol. The van der Waals surface area contributed by atoms with Gasteiger partial charge in [-0.05, 0) is 32.0 Å². The Kier molecular flexibility index (Phi) is 5.53. The summed E-state index contributed by atoms with van der Waals surface area (Å²) in [5.74, 6) is -1.42. The molecule has 1 aromatic rings. The van der Waals surface area contributed by atoms with Crippen molar-refractivity contribution in [2.24, 2.45) is 4.99 Å². The number of rotatable bonds is 5. The summed E-state index contributed by atoms with van der Waals surface area (Å²) in [7, 11) is 0. The summed E-state index contributed by atoms with van der Waals surface area (Å²) < 4.78 is 9.46. The number of esters is 2. The van der Waals surface area contributed by atoms with E-state index in [4.69, 9.17) is 4.74 Å². The van der Waals surface area contributed by atoms with Gasteiger partial charge in [0.25, 0.3) is 0 Å². The first-order valence-electron chi connectivity index (χ1n) is 5.79. The largest absolute Gasteiger partial charge is 0.507 e. The lowest BCUT2D eigenvalue weighted by Crippen LogP contribution is -2.05. The number of phenols is 1. The van der Waals surface area contributed by atoms with Crippen LogP contribution >= 0.6 is 0 Å². The molecule has 1 aromatic carbocycles. The molecule has 1 rings (SSSR count). The van der Waals surface area contributed by atoms with Gasteiger partial charge < -0.3 is 14.6 Å². The Morgan fingerprint density at radius 2 is 1.95 bits per heavy atom. The lowest BCUT2D eigenvalue weighted by molar-refractivity contribution is -0.134. The zero-order valence-corrected chi connectivity index (χ0v) is 10.8. The zero-order chi connectivity index (χ0) is 14.3. The maximum absolute atomic E-state index is 11.5. The predicted octanol–water partition coefficient (Wildman–Crippen LogP) is 1.83. The van der Waals surface area contributed by atoms with Crippen LogP contribution < -0.4 is 0 Å². The minimum Gasteiger partial charge on any atom is -0.507 e. The number of aromatic hydroxyl groups is 1. The van der Waals surface area contributed by atoms with Gasteiger partial charge in [-0.2, -0.15) is 0 Å². The minimum absolute atomic E-state index is 0.000332. The fraction of sp³-hybridized carbons (Fsp3) is 0.308. The van der Waals surface area contributed by atoms with E-state index in [1.54, 1.807) is 13.8 Å². The topological polar surface area (TPSA) is 85.2 Å². The molecule has 102 valence electrons. The molecule has 0 aromatic heterocycles. The molecular formula is C13H15NO5. The van der Waals surface area contributed by atoms with Gasteiger partial charge in [-0.3, -0.25) is 0 Å². The van der Waals surface area contributed by atoms with Gasteiger partial charge in [-0.15, -0.1) is 0 Å². The summed E-state index contributed by atoms with van der Waals surface area (Å²) in [6, 6.07) is 4.11. The summed E-state index contributed by atoms with van der Waals surface area (Å²) in [6.07, 6.45) is 1.00. The van der Waals surface area contributed by atoms with E-state index < -0.39 is 11.9 Å². The van der Waals surface area contributed by atoms with E-state index in [9.17, 15) is 14.7 Å². The molecule has 0 saturated heterocycles. The predicted molar refractivity (Wildman–Crippen MR) is 68.8 cm³/mol. The first-order valence-corrected chi connectivity index (χ1v) is 5.79. The SMILES string of the molecule is CCOC(=O)C=Nc1ccc(O)c(C(=O)OCC)c1. The molecule has 0 heterocycles. The third-order valence-corrected chi connectivity index (χ3v) is 2.08. The molecule has 6 nitrogen and oxygen atoms in total. The molecule has 0 aliphatic rings. The lowest BCUT2D eigenvalue weighted by Gasteiger charge is -2.04. The average Bonchev–Trinajstić information content (AvgIpc) is 2.38. The smallest absolute Gasteiger partial charge is 0.349 e. The van der Waals surface area contributed by atoms with E-state index in [1.165, 1.54) is 18.2 Å². The van der Waals surface area contributed by atoms with Crippen molar-refractivity contribution < 1.29 is 24.2 Å². The Bertz CT molecular complexity index is 496. The first-order chi connectivity index (χ1) is 9.08. The molecule has 0 amide bonds. The zero-order valence-electron chi connectivity index (χ0n) is 10.8. The highest BCUT2D eigenvalue weighted by atomic mass is 16.5. The van der Waals surface area contributed by atoms with Gasteiger partial charge in [0.15, 0.2) is 0 Å². The quantitative estimate of drug-likeness (QED) is 0.648. The fourth-order valence-electron chi connectivity index (χ4n) is 1.28. The second-order valence-electron chi connectivity index (χ2n) is 3.43. The number of carbonyl (C=O) groups excluding carboxylic acids is 2. The number of hydrogen-bond acceptors (Lipinski definition) is 6. The molecule has 0 spiro atoms. The van der Waals surface area contributed by atoms with Crippen LogP contribution in [0.5, 0.6) is 5.75 Å². The molecule has 0 aliphatic heterocycles. The van der Waals surface area contributed by atoms with Gasteiger partial charge >= 0.3 is 11.9 Å². The number of benzene rings is 1. The highest BCUT2D eigenvalue weighted by Gasteiger charge is 2.12. The second-order valence-corrected chi connectivity index (χ2v) is 3.43. The van der Waals surface area contributed by atoms with E-state index in [1.807, 2.05) is 0 Å². The van der Waals surface area contributed by atoms with Gasteiger partial charge in [0.1, 0.15) is 17.5 Å². The summed E-state index contributed by atoms with van der Waals surface area (Å²) in [5, 5.41) is 9.55. The standard InChI is InChI=1S/C13H15NO5/c1-3-18-12(16)8-14-9-5-6-11(15)10(7-9)13(17)19-4-2/h5-8,15H,3-4H2,1-2H3. The van der Waals surface area contributed by atoms with Crippen LogP contribution in [0, 0.1) is 0 Å². The molecule has 0 saturated carbocycles. The Morgan fingerprint density at radius 1 is 1.26 bits per heavy atom. The van der Waals surface area contributed by atoms with Crippen molar-refractivity contribution in [2.45, 2.75) is 13.8 Å². The summed E-state index contributed by atoms with van der Waals surface area (Å²) in [5.41, 5.74) is 0.342. The average molecular weight is 265 g/mol. The van der Waals surface area contributed by atoms with Crippen molar-refractivity contribution in [1.29, 1.82) is 0 Å². The van der Waals surface area contributed by atoms with Crippen LogP contribution in [0.25, 0.3) is 0 Å². The summed E-state index contributed by atoms with van der Waals surface area (Å²) >= 11 is 0. The molecular weight excluding hydrogens is 250 g/mol. The highest BCUT2D eigenvalue weighted by Crippen LogP contribution is 2.23. The molecule has 0 aliphatic carbocycles. The van der Waals surface area contributed by atoms with Crippen molar-refractivity contribution in [3.63, 3.8) is 0 Å². The van der Waals surface area contributed by atoms with E-state index in [-0.39, 0.29) is 24.5 Å². The summed E-state index contributed by atoms with van der Waals surface area (Å²) in [6.45, 7) is 3.81. The van der Waals surface area contributed by atoms with Crippen LogP contribution in [0.15, 0.2) is 23.2 Å². The summed E-state index contributed by atoms with van der Waals surface area (Å²) in [4.78, 5) is 26.5. The molecule has 19 heavy (non-hydrogen) atoms. The maximum atomic E-state index is 11.5. The molecule has 0 fully saturated rings. The minimum atomic E-state index is -0.645. The molecule has 6 heteroatoms. The fourth-order valence-corrected chi connectivity index (χ4v) is 1.28. The van der Waals surface area contributed by atoms with Crippen molar-refractivity contribution in [1.82, 2.24) is 0 Å². The number of ether oxygens (including phenoxy) is 2. The van der Waals surface area contributed by atoms with Gasteiger partial charge in [-0.1, -0.05) is 0 Å². The Balaban J connectivity index is 2.90. The normalized spacial score (nSPS) is 10.4. The lowest BCUT2D eigenvalue weighted by atomic mass is 10.2. The van der Waals surface area contributed by atoms with Gasteiger partial charge in [0.2, 0.25) is 0 Å². The Labute approximate surface area is 110 Å². The van der Waals surface area contributed by atoms with Crippen molar-refractivity contribution in [3.8, 4) is 5.75 Å². The van der Waals surface area contributed by atoms with Crippen LogP contribution in [-0.4, -0.2) is 36.5 Å². The van der Waals surface area contributed by atoms with Crippen LogP contribution in [0.3, 0.4) is 0 Å². The van der Waals surface area contributed by atoms with E-state index >= 15 is 0 Å². The molecule has 0 radical (unpaired) electrons. The van der Waals surface area contributed by atoms with E-state index in [2.05, 4.69) is 9.73 Å². The Hall–Kier alpha value is -2.37. The third kappa shape index (κ3) is 4.42. The van der Waals surface area contributed by atoms with Gasteiger partial charge in [0.05, 0.1) is 18.9 Å². The van der Waals surface area contributed by atoms with E-state index in [0.29, 0.717) is 5.69 Å².